The summed E-state index contributed by atoms with van der Waals surface area (Å²) in [6.07, 6.45) is 1.88. The minimum atomic E-state index is -0.185. The van der Waals surface area contributed by atoms with Crippen molar-refractivity contribution in [3.05, 3.63) is 83.4 Å². The second-order valence-electron chi connectivity index (χ2n) is 6.68. The number of anilines is 2. The summed E-state index contributed by atoms with van der Waals surface area (Å²) in [6, 6.07) is 23.0. The molecule has 0 fully saturated rings. The fraction of sp³-hybridized carbons (Fsp3) is 0.208. The number of hydrogen-bond acceptors (Lipinski definition) is 4. The first-order chi connectivity index (χ1) is 14.7. The van der Waals surface area contributed by atoms with Crippen molar-refractivity contribution in [2.75, 3.05) is 30.9 Å². The minimum Gasteiger partial charge on any atom is -0.495 e. The van der Waals surface area contributed by atoms with Crippen molar-refractivity contribution in [2.45, 2.75) is 12.8 Å². The van der Waals surface area contributed by atoms with Crippen molar-refractivity contribution in [1.82, 2.24) is 0 Å². The van der Waals surface area contributed by atoms with E-state index in [9.17, 15) is 4.79 Å². The van der Waals surface area contributed by atoms with E-state index in [0.717, 1.165) is 24.3 Å². The van der Waals surface area contributed by atoms with Gasteiger partial charge in [-0.3, -0.25) is 4.79 Å². The van der Waals surface area contributed by atoms with Gasteiger partial charge in [-0.15, -0.1) is 0 Å². The Bertz CT molecular complexity index is 964. The first-order valence-corrected chi connectivity index (χ1v) is 10.2. The highest BCUT2D eigenvalue weighted by Gasteiger charge is 2.08. The molecule has 30 heavy (non-hydrogen) atoms. The van der Waals surface area contributed by atoms with Crippen LogP contribution in [0.15, 0.2) is 72.8 Å². The zero-order valence-corrected chi connectivity index (χ0v) is 17.6. The fourth-order valence-corrected chi connectivity index (χ4v) is 3.22. The number of rotatable bonds is 10. The molecule has 0 aliphatic rings. The van der Waals surface area contributed by atoms with Gasteiger partial charge in [-0.1, -0.05) is 54.1 Å². The van der Waals surface area contributed by atoms with Gasteiger partial charge in [-0.05, 0) is 48.7 Å². The van der Waals surface area contributed by atoms with Gasteiger partial charge in [0, 0.05) is 5.69 Å². The second kappa shape index (κ2) is 11.1. The van der Waals surface area contributed by atoms with Crippen molar-refractivity contribution in [3.8, 4) is 11.5 Å². The van der Waals surface area contributed by atoms with Crippen molar-refractivity contribution in [3.63, 3.8) is 0 Å². The van der Waals surface area contributed by atoms with Crippen LogP contribution in [0.1, 0.15) is 12.0 Å². The van der Waals surface area contributed by atoms with Gasteiger partial charge >= 0.3 is 0 Å². The topological polar surface area (TPSA) is 59.6 Å². The van der Waals surface area contributed by atoms with Crippen LogP contribution in [0.3, 0.4) is 0 Å². The zero-order chi connectivity index (χ0) is 21.2. The van der Waals surface area contributed by atoms with Gasteiger partial charge in [0.25, 0.3) is 0 Å². The number of benzene rings is 3. The molecule has 0 bridgehead atoms. The van der Waals surface area contributed by atoms with E-state index in [1.165, 1.54) is 5.56 Å². The molecule has 0 aliphatic heterocycles. The van der Waals surface area contributed by atoms with Crippen molar-refractivity contribution >= 4 is 28.9 Å². The predicted octanol–water partition coefficient (Wildman–Crippen LogP) is 5.41. The molecule has 0 aromatic heterocycles. The van der Waals surface area contributed by atoms with E-state index in [1.54, 1.807) is 25.3 Å². The number of aryl methyl sites for hydroxylation is 1. The van der Waals surface area contributed by atoms with E-state index in [-0.39, 0.29) is 12.5 Å². The lowest BCUT2D eigenvalue weighted by Crippen LogP contribution is -2.22. The summed E-state index contributed by atoms with van der Waals surface area (Å²) in [5.74, 6) is 1.10. The quantitative estimate of drug-likeness (QED) is 0.427. The number of carbonyl (C=O) groups is 1. The molecule has 0 radical (unpaired) electrons. The molecule has 0 unspecified atom stereocenters. The molecule has 0 saturated heterocycles. The van der Waals surface area contributed by atoms with Gasteiger partial charge in [0.2, 0.25) is 5.91 Å². The maximum absolute atomic E-state index is 12.3. The number of methoxy groups -OCH3 is 1. The summed E-state index contributed by atoms with van der Waals surface area (Å²) in [5.41, 5.74) is 2.68. The van der Waals surface area contributed by atoms with Gasteiger partial charge in [0.15, 0.2) is 0 Å². The summed E-state index contributed by atoms with van der Waals surface area (Å²) in [4.78, 5) is 12.3. The number of amides is 1. The maximum Gasteiger partial charge on any atom is 0.243 e. The van der Waals surface area contributed by atoms with Crippen LogP contribution in [0.4, 0.5) is 11.4 Å². The first kappa shape index (κ1) is 21.5. The monoisotopic (exact) mass is 424 g/mol. The minimum absolute atomic E-state index is 0.105. The van der Waals surface area contributed by atoms with E-state index in [4.69, 9.17) is 21.1 Å². The Kier molecular flexibility index (Phi) is 7.98. The van der Waals surface area contributed by atoms with Crippen molar-refractivity contribution in [1.29, 1.82) is 0 Å². The Labute approximate surface area is 182 Å². The van der Waals surface area contributed by atoms with Crippen LogP contribution in [-0.2, 0) is 11.2 Å². The van der Waals surface area contributed by atoms with Crippen LogP contribution in [0.25, 0.3) is 0 Å². The van der Waals surface area contributed by atoms with E-state index >= 15 is 0 Å². The molecular formula is C24H25ClN2O3. The molecule has 0 spiro atoms. The molecule has 2 N–H and O–H groups in total. The molecule has 0 aliphatic carbocycles. The van der Waals surface area contributed by atoms with E-state index < -0.39 is 0 Å². The third kappa shape index (κ3) is 6.42. The average Bonchev–Trinajstić information content (AvgIpc) is 2.77. The lowest BCUT2D eigenvalue weighted by Gasteiger charge is -2.13. The molecule has 1 amide bonds. The van der Waals surface area contributed by atoms with Crippen LogP contribution in [0, 0.1) is 0 Å². The Morgan fingerprint density at radius 2 is 1.73 bits per heavy atom. The normalized spacial score (nSPS) is 10.3. The van der Waals surface area contributed by atoms with Gasteiger partial charge < -0.3 is 20.1 Å². The smallest absolute Gasteiger partial charge is 0.243 e. The predicted molar refractivity (Wildman–Crippen MR) is 122 cm³/mol. The number of carbonyl (C=O) groups excluding carboxylic acids is 1. The van der Waals surface area contributed by atoms with Crippen molar-refractivity contribution < 1.29 is 14.3 Å². The number of hydrogen-bond donors (Lipinski definition) is 2. The third-order valence-electron chi connectivity index (χ3n) is 4.47. The lowest BCUT2D eigenvalue weighted by molar-refractivity contribution is -0.114. The number of halogens is 1. The van der Waals surface area contributed by atoms with Crippen LogP contribution in [0.5, 0.6) is 11.5 Å². The highest BCUT2D eigenvalue weighted by molar-refractivity contribution is 6.32. The molecule has 0 heterocycles. The lowest BCUT2D eigenvalue weighted by atomic mass is 10.1. The van der Waals surface area contributed by atoms with Gasteiger partial charge in [-0.2, -0.15) is 0 Å². The van der Waals surface area contributed by atoms with E-state index in [2.05, 4.69) is 22.8 Å². The fourth-order valence-electron chi connectivity index (χ4n) is 2.97. The molecule has 5 nitrogen and oxygen atoms in total. The Hall–Kier alpha value is -3.18. The van der Waals surface area contributed by atoms with E-state index in [0.29, 0.717) is 23.1 Å². The van der Waals surface area contributed by atoms with Crippen LogP contribution >= 0.6 is 11.6 Å². The summed E-state index contributed by atoms with van der Waals surface area (Å²) >= 11 is 6.10. The SMILES string of the molecule is COc1ccc(NC(=O)CNc2ccccc2OCCCc2ccccc2)cc1Cl. The van der Waals surface area contributed by atoms with Crippen LogP contribution < -0.4 is 20.1 Å². The zero-order valence-electron chi connectivity index (χ0n) is 16.9. The number of ether oxygens (including phenoxy) is 2. The van der Waals surface area contributed by atoms with Crippen LogP contribution in [0.2, 0.25) is 5.02 Å². The van der Waals surface area contributed by atoms with Crippen LogP contribution in [-0.4, -0.2) is 26.2 Å². The van der Waals surface area contributed by atoms with Gasteiger partial charge in [0.1, 0.15) is 11.5 Å². The molecule has 3 aromatic rings. The maximum atomic E-state index is 12.3. The molecule has 0 saturated carbocycles. The molecule has 3 rings (SSSR count). The summed E-state index contributed by atoms with van der Waals surface area (Å²) in [5, 5.41) is 6.39. The van der Waals surface area contributed by atoms with Gasteiger partial charge in [0.05, 0.1) is 31.0 Å². The first-order valence-electron chi connectivity index (χ1n) is 9.79. The largest absolute Gasteiger partial charge is 0.495 e. The Morgan fingerprint density at radius 3 is 2.50 bits per heavy atom. The Morgan fingerprint density at radius 1 is 0.967 bits per heavy atom. The highest BCUT2D eigenvalue weighted by Crippen LogP contribution is 2.27. The molecule has 156 valence electrons. The second-order valence-corrected chi connectivity index (χ2v) is 7.09. The molecular weight excluding hydrogens is 400 g/mol. The molecule has 0 atom stereocenters. The van der Waals surface area contributed by atoms with Gasteiger partial charge in [-0.25, -0.2) is 0 Å². The molecule has 3 aromatic carbocycles. The average molecular weight is 425 g/mol. The summed E-state index contributed by atoms with van der Waals surface area (Å²) in [7, 11) is 1.55. The summed E-state index contributed by atoms with van der Waals surface area (Å²) in [6.45, 7) is 0.707. The van der Waals surface area contributed by atoms with E-state index in [1.807, 2.05) is 42.5 Å². The van der Waals surface area contributed by atoms with Crippen molar-refractivity contribution in [2.24, 2.45) is 0 Å². The highest BCUT2D eigenvalue weighted by atomic mass is 35.5. The Balaban J connectivity index is 1.48. The molecule has 6 heteroatoms. The third-order valence-corrected chi connectivity index (χ3v) is 4.77. The standard InChI is InChI=1S/C24H25ClN2O3/c1-29-22-14-13-19(16-20(22)25)27-24(28)17-26-21-11-5-6-12-23(21)30-15-7-10-18-8-3-2-4-9-18/h2-6,8-9,11-14,16,26H,7,10,15,17H2,1H3,(H,27,28). The number of para-hydroxylation sites is 2. The number of nitrogens with one attached hydrogen (secondary N) is 2. The summed E-state index contributed by atoms with van der Waals surface area (Å²) < 4.78 is 11.0.